The van der Waals surface area contributed by atoms with Gasteiger partial charge in [-0.15, -0.1) is 0 Å². The van der Waals surface area contributed by atoms with E-state index in [1.165, 1.54) is 6.33 Å². The van der Waals surface area contributed by atoms with Crippen LogP contribution in [0.4, 0.5) is 0 Å². The molecule has 0 aliphatic carbocycles. The van der Waals surface area contributed by atoms with Gasteiger partial charge in [-0.2, -0.15) is 5.10 Å². The molecule has 5 aromatic rings. The summed E-state index contributed by atoms with van der Waals surface area (Å²) in [7, 11) is 0. The summed E-state index contributed by atoms with van der Waals surface area (Å²) in [5.41, 5.74) is 4.75. The molecule has 29 heavy (non-hydrogen) atoms. The molecule has 8 nitrogen and oxygen atoms in total. The standard InChI is InChI=1S/C21H17N7O/c1-12(13-5-3-2-4-6-13)24-21(29)20-25-17-9-14-16(10-18(17)26-20)27-28-19(14)15-7-8-22-11-23-15/h2-12H,1H3,(H,24,29)(H,25,26)(H,27,28)/t12-/m1/s1. The molecule has 0 spiro atoms. The highest BCUT2D eigenvalue weighted by molar-refractivity contribution is 6.02. The Hall–Kier alpha value is -4.07. The second kappa shape index (κ2) is 6.83. The van der Waals surface area contributed by atoms with Gasteiger partial charge in [0.2, 0.25) is 0 Å². The number of imidazole rings is 1. The molecule has 3 N–H and O–H groups in total. The fourth-order valence-electron chi connectivity index (χ4n) is 3.35. The van der Waals surface area contributed by atoms with Gasteiger partial charge in [-0.05, 0) is 30.7 Å². The quantitative estimate of drug-likeness (QED) is 0.440. The minimum Gasteiger partial charge on any atom is -0.343 e. The number of carbonyl (C=O) groups excluding carboxylic acids is 1. The van der Waals surface area contributed by atoms with E-state index in [9.17, 15) is 4.79 Å². The molecule has 3 heterocycles. The lowest BCUT2D eigenvalue weighted by molar-refractivity contribution is 0.0930. The number of fused-ring (bicyclic) bond motifs is 2. The van der Waals surface area contributed by atoms with E-state index in [2.05, 4.69) is 35.5 Å². The summed E-state index contributed by atoms with van der Waals surface area (Å²) >= 11 is 0. The third-order valence-electron chi connectivity index (χ3n) is 4.85. The summed E-state index contributed by atoms with van der Waals surface area (Å²) < 4.78 is 0. The van der Waals surface area contributed by atoms with Gasteiger partial charge < -0.3 is 10.3 Å². The van der Waals surface area contributed by atoms with Crippen LogP contribution in [0.1, 0.15) is 29.1 Å². The van der Waals surface area contributed by atoms with Gasteiger partial charge in [0.1, 0.15) is 12.0 Å². The number of amides is 1. The first-order valence-electron chi connectivity index (χ1n) is 9.19. The number of benzene rings is 2. The highest BCUT2D eigenvalue weighted by Gasteiger charge is 2.17. The van der Waals surface area contributed by atoms with Crippen molar-refractivity contribution in [2.45, 2.75) is 13.0 Å². The molecule has 8 heteroatoms. The van der Waals surface area contributed by atoms with E-state index in [4.69, 9.17) is 0 Å². The number of carbonyl (C=O) groups is 1. The van der Waals surface area contributed by atoms with E-state index < -0.39 is 0 Å². The molecule has 2 aromatic carbocycles. The van der Waals surface area contributed by atoms with Crippen LogP contribution in [0, 0.1) is 0 Å². The summed E-state index contributed by atoms with van der Waals surface area (Å²) in [6.45, 7) is 1.94. The van der Waals surface area contributed by atoms with Crippen LogP contribution in [0.15, 0.2) is 61.1 Å². The number of aromatic amines is 2. The van der Waals surface area contributed by atoms with Gasteiger partial charge in [-0.25, -0.2) is 15.0 Å². The lowest BCUT2D eigenvalue weighted by atomic mass is 10.1. The number of nitrogens with one attached hydrogen (secondary N) is 3. The van der Waals surface area contributed by atoms with Crippen molar-refractivity contribution in [2.24, 2.45) is 0 Å². The van der Waals surface area contributed by atoms with Gasteiger partial charge in [0.05, 0.1) is 28.3 Å². The van der Waals surface area contributed by atoms with Crippen molar-refractivity contribution in [2.75, 3.05) is 0 Å². The third-order valence-corrected chi connectivity index (χ3v) is 4.85. The number of H-pyrrole nitrogens is 2. The Bertz CT molecular complexity index is 1310. The van der Waals surface area contributed by atoms with E-state index in [0.29, 0.717) is 5.52 Å². The Morgan fingerprint density at radius 1 is 1.10 bits per heavy atom. The van der Waals surface area contributed by atoms with Crippen molar-refractivity contribution < 1.29 is 4.79 Å². The lowest BCUT2D eigenvalue weighted by Gasteiger charge is -2.12. The van der Waals surface area contributed by atoms with E-state index >= 15 is 0 Å². The molecular weight excluding hydrogens is 366 g/mol. The van der Waals surface area contributed by atoms with Crippen molar-refractivity contribution in [3.63, 3.8) is 0 Å². The Morgan fingerprint density at radius 2 is 1.97 bits per heavy atom. The highest BCUT2D eigenvalue weighted by atomic mass is 16.2. The summed E-state index contributed by atoms with van der Waals surface area (Å²) in [5, 5.41) is 11.2. The van der Waals surface area contributed by atoms with Crippen LogP contribution in [-0.4, -0.2) is 36.0 Å². The Labute approximate surface area is 165 Å². The zero-order chi connectivity index (χ0) is 19.8. The van der Waals surface area contributed by atoms with Gasteiger partial charge in [-0.3, -0.25) is 9.89 Å². The molecule has 0 radical (unpaired) electrons. The largest absolute Gasteiger partial charge is 0.343 e. The average molecular weight is 383 g/mol. The molecule has 1 amide bonds. The number of hydrogen-bond donors (Lipinski definition) is 3. The maximum absolute atomic E-state index is 12.7. The summed E-state index contributed by atoms with van der Waals surface area (Å²) in [5.74, 6) is 0.0161. The SMILES string of the molecule is C[C@@H](NC(=O)c1nc2cc3c(-c4ccncn4)n[nH]c3cc2[nH]1)c1ccccc1. The van der Waals surface area contributed by atoms with E-state index in [0.717, 1.165) is 33.4 Å². The summed E-state index contributed by atoms with van der Waals surface area (Å²) in [4.78, 5) is 28.5. The molecule has 0 aliphatic rings. The summed E-state index contributed by atoms with van der Waals surface area (Å²) in [6, 6.07) is 15.3. The molecule has 1 atom stereocenters. The predicted octanol–water partition coefficient (Wildman–Crippen LogP) is 3.39. The Morgan fingerprint density at radius 3 is 2.76 bits per heavy atom. The molecule has 0 saturated heterocycles. The smallest absolute Gasteiger partial charge is 0.287 e. The number of rotatable bonds is 4. The van der Waals surface area contributed by atoms with Gasteiger partial charge in [0.15, 0.2) is 5.82 Å². The first-order valence-corrected chi connectivity index (χ1v) is 9.19. The van der Waals surface area contributed by atoms with Crippen LogP contribution in [0.25, 0.3) is 33.3 Å². The van der Waals surface area contributed by atoms with Crippen molar-refractivity contribution in [1.29, 1.82) is 0 Å². The van der Waals surface area contributed by atoms with Crippen molar-refractivity contribution in [3.05, 3.63) is 72.4 Å². The molecule has 0 aliphatic heterocycles. The summed E-state index contributed by atoms with van der Waals surface area (Å²) in [6.07, 6.45) is 3.16. The second-order valence-corrected chi connectivity index (χ2v) is 6.77. The topological polar surface area (TPSA) is 112 Å². The normalized spacial score (nSPS) is 12.3. The van der Waals surface area contributed by atoms with Crippen molar-refractivity contribution in [3.8, 4) is 11.4 Å². The Balaban J connectivity index is 1.48. The first-order chi connectivity index (χ1) is 14.2. The lowest BCUT2D eigenvalue weighted by Crippen LogP contribution is -2.27. The minimum absolute atomic E-state index is 0.125. The number of aromatic nitrogens is 6. The van der Waals surface area contributed by atoms with Gasteiger partial charge in [-0.1, -0.05) is 30.3 Å². The van der Waals surface area contributed by atoms with Crippen molar-refractivity contribution >= 4 is 27.8 Å². The van der Waals surface area contributed by atoms with E-state index in [1.807, 2.05) is 49.4 Å². The van der Waals surface area contributed by atoms with Gasteiger partial charge >= 0.3 is 0 Å². The second-order valence-electron chi connectivity index (χ2n) is 6.77. The molecule has 3 aromatic heterocycles. The zero-order valence-corrected chi connectivity index (χ0v) is 15.5. The van der Waals surface area contributed by atoms with Crippen molar-refractivity contribution in [1.82, 2.24) is 35.5 Å². The van der Waals surface area contributed by atoms with E-state index in [1.54, 1.807) is 12.3 Å². The van der Waals surface area contributed by atoms with Gasteiger partial charge in [0.25, 0.3) is 5.91 Å². The molecule has 0 unspecified atom stereocenters. The average Bonchev–Trinajstić information content (AvgIpc) is 3.36. The molecule has 0 bridgehead atoms. The molecule has 0 fully saturated rings. The van der Waals surface area contributed by atoms with Crippen LogP contribution in [0.2, 0.25) is 0 Å². The fourth-order valence-corrected chi connectivity index (χ4v) is 3.35. The molecule has 5 rings (SSSR count). The van der Waals surface area contributed by atoms with E-state index in [-0.39, 0.29) is 17.8 Å². The third kappa shape index (κ3) is 3.10. The fraction of sp³-hybridized carbons (Fsp3) is 0.0952. The molecular formula is C21H17N7O. The van der Waals surface area contributed by atoms with Crippen LogP contribution in [-0.2, 0) is 0 Å². The number of hydrogen-bond acceptors (Lipinski definition) is 5. The minimum atomic E-state index is -0.254. The monoisotopic (exact) mass is 383 g/mol. The zero-order valence-electron chi connectivity index (χ0n) is 15.5. The highest BCUT2D eigenvalue weighted by Crippen LogP contribution is 2.28. The molecule has 142 valence electrons. The van der Waals surface area contributed by atoms with Gasteiger partial charge in [0, 0.05) is 11.6 Å². The van der Waals surface area contributed by atoms with Crippen LogP contribution >= 0.6 is 0 Å². The maximum Gasteiger partial charge on any atom is 0.287 e. The Kier molecular flexibility index (Phi) is 4.02. The predicted molar refractivity (Wildman–Crippen MR) is 109 cm³/mol. The van der Waals surface area contributed by atoms with Crippen LogP contribution in [0.3, 0.4) is 0 Å². The number of nitrogens with zero attached hydrogens (tertiary/aromatic N) is 4. The molecule has 0 saturated carbocycles. The first kappa shape index (κ1) is 17.1. The van der Waals surface area contributed by atoms with Crippen LogP contribution < -0.4 is 5.32 Å². The van der Waals surface area contributed by atoms with Crippen LogP contribution in [0.5, 0.6) is 0 Å². The maximum atomic E-state index is 12.7.